The second-order valence-electron chi connectivity index (χ2n) is 7.35. The van der Waals surface area contributed by atoms with Crippen molar-refractivity contribution in [3.8, 4) is 11.5 Å². The number of hydrogen-bond acceptors (Lipinski definition) is 5. The van der Waals surface area contributed by atoms with Gasteiger partial charge in [-0.05, 0) is 73.6 Å². The molecule has 4 rings (SSSR count). The van der Waals surface area contributed by atoms with E-state index in [-0.39, 0.29) is 11.5 Å². The number of carbonyl (C=O) groups is 1. The molecule has 0 aliphatic rings. The lowest BCUT2D eigenvalue weighted by Gasteiger charge is -2.16. The molecule has 1 aromatic heterocycles. The van der Waals surface area contributed by atoms with Gasteiger partial charge in [-0.25, -0.2) is 4.98 Å². The summed E-state index contributed by atoms with van der Waals surface area (Å²) >= 11 is 5.59. The first kappa shape index (κ1) is 20.8. The van der Waals surface area contributed by atoms with Crippen LogP contribution in [0.3, 0.4) is 0 Å². The number of aryl methyl sites for hydroxylation is 2. The second-order valence-corrected chi connectivity index (χ2v) is 7.76. The smallest absolute Gasteiger partial charge is 0.312 e. The number of esters is 1. The Morgan fingerprint density at radius 3 is 2.16 bits per heavy atom. The van der Waals surface area contributed by atoms with Gasteiger partial charge in [-0.2, -0.15) is 0 Å². The fourth-order valence-corrected chi connectivity index (χ4v) is 3.54. The molecule has 1 atom stereocenters. The molecule has 4 aromatic rings. The van der Waals surface area contributed by atoms with Crippen LogP contribution in [0.4, 0.5) is 0 Å². The largest absolute Gasteiger partial charge is 0.449 e. The maximum atomic E-state index is 12.7. The molecule has 0 bridgehead atoms. The highest BCUT2D eigenvalue weighted by Gasteiger charge is 2.27. The Hall–Kier alpha value is -3.51. The standard InChI is InChI=1S/C25H22N2O3S/c1-16-13-21-22(14-17(16)2)27-24(26-21)20(25(31)30-19-11-7-4-8-12-19)15-23(28)29-18-9-5-3-6-10-18/h3-14,20H,15H2,1-2H3,(H,26,27). The van der Waals surface area contributed by atoms with Crippen molar-refractivity contribution in [2.75, 3.05) is 0 Å². The van der Waals surface area contributed by atoms with Gasteiger partial charge in [0.2, 0.25) is 0 Å². The molecule has 0 radical (unpaired) electrons. The summed E-state index contributed by atoms with van der Waals surface area (Å²) in [6.07, 6.45) is -0.00164. The summed E-state index contributed by atoms with van der Waals surface area (Å²) in [5.41, 5.74) is 4.02. The summed E-state index contributed by atoms with van der Waals surface area (Å²) in [6, 6.07) is 22.3. The van der Waals surface area contributed by atoms with Crippen molar-refractivity contribution in [2.24, 2.45) is 0 Å². The number of para-hydroxylation sites is 2. The van der Waals surface area contributed by atoms with E-state index in [2.05, 4.69) is 4.98 Å². The average molecular weight is 431 g/mol. The van der Waals surface area contributed by atoms with E-state index in [4.69, 9.17) is 26.7 Å². The normalized spacial score (nSPS) is 11.8. The van der Waals surface area contributed by atoms with Gasteiger partial charge >= 0.3 is 5.97 Å². The highest BCUT2D eigenvalue weighted by Crippen LogP contribution is 2.27. The van der Waals surface area contributed by atoms with Crippen molar-refractivity contribution < 1.29 is 14.3 Å². The van der Waals surface area contributed by atoms with E-state index in [0.717, 1.165) is 22.2 Å². The van der Waals surface area contributed by atoms with E-state index in [1.807, 2.05) is 74.5 Å². The molecule has 0 aliphatic carbocycles. The molecule has 31 heavy (non-hydrogen) atoms. The number of imidazole rings is 1. The predicted octanol–water partition coefficient (Wildman–Crippen LogP) is 5.67. The van der Waals surface area contributed by atoms with Gasteiger partial charge in [0.15, 0.2) is 5.05 Å². The van der Waals surface area contributed by atoms with Crippen LogP contribution in [-0.2, 0) is 4.79 Å². The number of aromatic nitrogens is 2. The Morgan fingerprint density at radius 1 is 0.935 bits per heavy atom. The maximum absolute atomic E-state index is 12.7. The number of hydrogen-bond donors (Lipinski definition) is 1. The summed E-state index contributed by atoms with van der Waals surface area (Å²) < 4.78 is 11.4. The Bertz CT molecular complexity index is 1180. The van der Waals surface area contributed by atoms with Crippen LogP contribution >= 0.6 is 12.2 Å². The number of fused-ring (bicyclic) bond motifs is 1. The van der Waals surface area contributed by atoms with Gasteiger partial charge in [0, 0.05) is 0 Å². The summed E-state index contributed by atoms with van der Waals surface area (Å²) in [7, 11) is 0. The summed E-state index contributed by atoms with van der Waals surface area (Å²) in [5.74, 6) is 0.683. The summed E-state index contributed by atoms with van der Waals surface area (Å²) in [6.45, 7) is 4.09. The lowest BCUT2D eigenvalue weighted by molar-refractivity contribution is -0.134. The molecule has 0 aliphatic heterocycles. The molecule has 156 valence electrons. The van der Waals surface area contributed by atoms with Gasteiger partial charge in [0.1, 0.15) is 17.3 Å². The molecule has 3 aromatic carbocycles. The molecular weight excluding hydrogens is 408 g/mol. The van der Waals surface area contributed by atoms with Crippen molar-refractivity contribution in [3.63, 3.8) is 0 Å². The predicted molar refractivity (Wildman–Crippen MR) is 125 cm³/mol. The van der Waals surface area contributed by atoms with Crippen LogP contribution in [0.2, 0.25) is 0 Å². The zero-order valence-electron chi connectivity index (χ0n) is 17.3. The number of benzene rings is 3. The molecule has 0 saturated heterocycles. The molecule has 0 saturated carbocycles. The van der Waals surface area contributed by atoms with Crippen LogP contribution < -0.4 is 9.47 Å². The van der Waals surface area contributed by atoms with E-state index in [0.29, 0.717) is 17.3 Å². The Labute approximate surface area is 186 Å². The lowest BCUT2D eigenvalue weighted by Crippen LogP contribution is -2.23. The molecule has 1 unspecified atom stereocenters. The molecule has 1 N–H and O–H groups in total. The first-order valence-corrected chi connectivity index (χ1v) is 10.4. The van der Waals surface area contributed by atoms with Crippen molar-refractivity contribution >= 4 is 34.3 Å². The zero-order chi connectivity index (χ0) is 21.8. The van der Waals surface area contributed by atoms with E-state index < -0.39 is 11.9 Å². The van der Waals surface area contributed by atoms with Crippen LogP contribution in [0.1, 0.15) is 29.3 Å². The topological polar surface area (TPSA) is 64.2 Å². The molecule has 1 heterocycles. The van der Waals surface area contributed by atoms with Crippen LogP contribution in [0.5, 0.6) is 11.5 Å². The van der Waals surface area contributed by atoms with Crippen molar-refractivity contribution in [2.45, 2.75) is 26.2 Å². The Kier molecular flexibility index (Phi) is 6.09. The number of H-pyrrole nitrogens is 1. The minimum atomic E-state index is -0.570. The number of rotatable bonds is 6. The van der Waals surface area contributed by atoms with Gasteiger partial charge in [-0.15, -0.1) is 0 Å². The monoisotopic (exact) mass is 430 g/mol. The van der Waals surface area contributed by atoms with Crippen LogP contribution in [0.15, 0.2) is 72.8 Å². The first-order valence-electron chi connectivity index (χ1n) is 9.99. The van der Waals surface area contributed by atoms with E-state index in [1.165, 1.54) is 0 Å². The van der Waals surface area contributed by atoms with Crippen molar-refractivity contribution in [3.05, 3.63) is 89.7 Å². The molecule has 6 heteroatoms. The molecule has 0 spiro atoms. The highest BCUT2D eigenvalue weighted by atomic mass is 32.1. The number of aromatic amines is 1. The maximum Gasteiger partial charge on any atom is 0.312 e. The Morgan fingerprint density at radius 2 is 1.52 bits per heavy atom. The molecular formula is C25H22N2O3S. The molecule has 5 nitrogen and oxygen atoms in total. The number of carbonyl (C=O) groups excluding carboxylic acids is 1. The van der Waals surface area contributed by atoms with Gasteiger partial charge < -0.3 is 14.5 Å². The quantitative estimate of drug-likeness (QED) is 0.243. The van der Waals surface area contributed by atoms with Crippen LogP contribution in [0, 0.1) is 13.8 Å². The zero-order valence-corrected chi connectivity index (χ0v) is 18.1. The number of thiocarbonyl (C=S) groups is 1. The molecule has 0 amide bonds. The third-order valence-electron chi connectivity index (χ3n) is 5.04. The highest BCUT2D eigenvalue weighted by molar-refractivity contribution is 7.80. The summed E-state index contributed by atoms with van der Waals surface area (Å²) in [4.78, 5) is 20.7. The van der Waals surface area contributed by atoms with Crippen molar-refractivity contribution in [1.29, 1.82) is 0 Å². The Balaban J connectivity index is 1.63. The summed E-state index contributed by atoms with van der Waals surface area (Å²) in [5, 5.41) is 0.253. The average Bonchev–Trinajstić information content (AvgIpc) is 3.16. The minimum absolute atomic E-state index is 0.00164. The number of nitrogens with one attached hydrogen (secondary N) is 1. The lowest BCUT2D eigenvalue weighted by atomic mass is 10.1. The molecule has 0 fully saturated rings. The second kappa shape index (κ2) is 9.10. The number of ether oxygens (including phenoxy) is 2. The first-order chi connectivity index (χ1) is 15.0. The van der Waals surface area contributed by atoms with Gasteiger partial charge in [0.05, 0.1) is 23.4 Å². The van der Waals surface area contributed by atoms with Gasteiger partial charge in [0.25, 0.3) is 0 Å². The fraction of sp³-hybridized carbons (Fsp3) is 0.160. The van der Waals surface area contributed by atoms with Crippen LogP contribution in [-0.4, -0.2) is 21.0 Å². The van der Waals surface area contributed by atoms with E-state index in [1.54, 1.807) is 12.1 Å². The van der Waals surface area contributed by atoms with Crippen molar-refractivity contribution in [1.82, 2.24) is 9.97 Å². The van der Waals surface area contributed by atoms with E-state index in [9.17, 15) is 4.79 Å². The van der Waals surface area contributed by atoms with E-state index >= 15 is 0 Å². The fourth-order valence-electron chi connectivity index (χ4n) is 3.25. The third kappa shape index (κ3) is 4.98. The third-order valence-corrected chi connectivity index (χ3v) is 5.41. The van der Waals surface area contributed by atoms with Crippen LogP contribution in [0.25, 0.3) is 11.0 Å². The SMILES string of the molecule is Cc1cc2nc(C(CC(=O)Oc3ccccc3)C(=S)Oc3ccccc3)[nH]c2cc1C. The van der Waals surface area contributed by atoms with Gasteiger partial charge in [-0.3, -0.25) is 4.79 Å². The number of nitrogens with zero attached hydrogens (tertiary/aromatic N) is 1. The van der Waals surface area contributed by atoms with Gasteiger partial charge in [-0.1, -0.05) is 36.4 Å². The minimum Gasteiger partial charge on any atom is -0.449 e.